The summed E-state index contributed by atoms with van der Waals surface area (Å²) in [7, 11) is 1.64. The van der Waals surface area contributed by atoms with E-state index in [1.165, 1.54) is 0 Å². The topological polar surface area (TPSA) is 48.1 Å². The van der Waals surface area contributed by atoms with E-state index in [0.717, 1.165) is 16.9 Å². The highest BCUT2D eigenvalue weighted by atomic mass is 16.5. The minimum atomic E-state index is 0.500. The summed E-state index contributed by atoms with van der Waals surface area (Å²) in [5, 5.41) is 0. The summed E-state index contributed by atoms with van der Waals surface area (Å²) in [6.07, 6.45) is 1.66. The summed E-state index contributed by atoms with van der Waals surface area (Å²) in [5.74, 6) is 7.39. The predicted octanol–water partition coefficient (Wildman–Crippen LogP) is 2.07. The number of nitrogens with two attached hydrogens (primary N) is 1. The van der Waals surface area contributed by atoms with Crippen molar-refractivity contribution in [3.05, 3.63) is 53.7 Å². The number of rotatable bonds is 1. The van der Waals surface area contributed by atoms with Gasteiger partial charge in [0.15, 0.2) is 0 Å². The van der Waals surface area contributed by atoms with Crippen molar-refractivity contribution in [1.82, 2.24) is 4.98 Å². The van der Waals surface area contributed by atoms with Crippen LogP contribution in [-0.4, -0.2) is 12.1 Å². The Balaban J connectivity index is 2.17. The van der Waals surface area contributed by atoms with E-state index < -0.39 is 0 Å². The van der Waals surface area contributed by atoms with Crippen molar-refractivity contribution in [2.24, 2.45) is 0 Å². The number of pyridine rings is 1. The number of methoxy groups -OCH3 is 1. The maximum absolute atomic E-state index is 5.49. The molecule has 0 spiro atoms. The van der Waals surface area contributed by atoms with Crippen LogP contribution in [0.4, 0.5) is 5.82 Å². The fourth-order valence-electron chi connectivity index (χ4n) is 1.30. The van der Waals surface area contributed by atoms with E-state index in [0.29, 0.717) is 5.82 Å². The zero-order valence-corrected chi connectivity index (χ0v) is 9.47. The Morgan fingerprint density at radius 3 is 2.24 bits per heavy atom. The van der Waals surface area contributed by atoms with Crippen LogP contribution >= 0.6 is 0 Å². The molecule has 0 unspecified atom stereocenters. The summed E-state index contributed by atoms with van der Waals surface area (Å²) in [5.41, 5.74) is 7.27. The molecule has 84 valence electrons. The summed E-state index contributed by atoms with van der Waals surface area (Å²) >= 11 is 0. The van der Waals surface area contributed by atoms with E-state index in [9.17, 15) is 0 Å². The van der Waals surface area contributed by atoms with E-state index >= 15 is 0 Å². The molecule has 0 aliphatic heterocycles. The predicted molar refractivity (Wildman–Crippen MR) is 67.6 cm³/mol. The average Bonchev–Trinajstić information content (AvgIpc) is 2.39. The molecule has 1 heterocycles. The Morgan fingerprint density at radius 2 is 1.65 bits per heavy atom. The fraction of sp³-hybridized carbons (Fsp3) is 0.0714. The molecule has 2 aromatic rings. The zero-order valence-electron chi connectivity index (χ0n) is 9.47. The van der Waals surface area contributed by atoms with Gasteiger partial charge in [0.1, 0.15) is 11.6 Å². The van der Waals surface area contributed by atoms with Crippen molar-refractivity contribution in [3.8, 4) is 17.6 Å². The van der Waals surface area contributed by atoms with Gasteiger partial charge in [-0.15, -0.1) is 0 Å². The summed E-state index contributed by atoms with van der Waals surface area (Å²) in [6, 6.07) is 11.2. The SMILES string of the molecule is COc1ccc(C#Cc2ccc(N)nc2)cc1. The normalized spacial score (nSPS) is 9.24. The standard InChI is InChI=1S/C14H12N2O/c1-17-13-7-4-11(5-8-13)2-3-12-6-9-14(15)16-10-12/h4-10H,1H3,(H2,15,16). The Hall–Kier alpha value is -2.47. The molecule has 17 heavy (non-hydrogen) atoms. The van der Waals surface area contributed by atoms with Crippen LogP contribution < -0.4 is 10.5 Å². The van der Waals surface area contributed by atoms with E-state index in [4.69, 9.17) is 10.5 Å². The van der Waals surface area contributed by atoms with E-state index in [-0.39, 0.29) is 0 Å². The lowest BCUT2D eigenvalue weighted by Crippen LogP contribution is -1.88. The van der Waals surface area contributed by atoms with Crippen LogP contribution in [0.5, 0.6) is 5.75 Å². The summed E-state index contributed by atoms with van der Waals surface area (Å²) in [4.78, 5) is 3.97. The second kappa shape index (κ2) is 5.04. The maximum Gasteiger partial charge on any atom is 0.123 e. The van der Waals surface area contributed by atoms with Gasteiger partial charge in [-0.3, -0.25) is 0 Å². The fourth-order valence-corrected chi connectivity index (χ4v) is 1.30. The van der Waals surface area contributed by atoms with Gasteiger partial charge in [-0.2, -0.15) is 0 Å². The number of nitrogens with zero attached hydrogens (tertiary/aromatic N) is 1. The first-order valence-corrected chi connectivity index (χ1v) is 5.15. The molecule has 0 atom stereocenters. The van der Waals surface area contributed by atoms with E-state index in [2.05, 4.69) is 16.8 Å². The minimum Gasteiger partial charge on any atom is -0.497 e. The summed E-state index contributed by atoms with van der Waals surface area (Å²) in [6.45, 7) is 0. The second-order valence-electron chi connectivity index (χ2n) is 3.45. The first kappa shape index (κ1) is 11.0. The highest BCUT2D eigenvalue weighted by Crippen LogP contribution is 2.10. The van der Waals surface area contributed by atoms with Crippen molar-refractivity contribution in [1.29, 1.82) is 0 Å². The molecule has 3 heteroatoms. The first-order chi connectivity index (χ1) is 8.28. The Morgan fingerprint density at radius 1 is 1.00 bits per heavy atom. The molecule has 0 fully saturated rings. The van der Waals surface area contributed by atoms with Gasteiger partial charge < -0.3 is 10.5 Å². The van der Waals surface area contributed by atoms with Crippen molar-refractivity contribution >= 4 is 5.82 Å². The van der Waals surface area contributed by atoms with Crippen LogP contribution in [0.1, 0.15) is 11.1 Å². The Labute approximate surface area is 100 Å². The quantitative estimate of drug-likeness (QED) is 0.754. The third-order valence-electron chi connectivity index (χ3n) is 2.23. The largest absolute Gasteiger partial charge is 0.497 e. The van der Waals surface area contributed by atoms with Crippen LogP contribution in [0, 0.1) is 11.8 Å². The molecule has 0 bridgehead atoms. The van der Waals surface area contributed by atoms with Crippen molar-refractivity contribution in [2.75, 3.05) is 12.8 Å². The van der Waals surface area contributed by atoms with Gasteiger partial charge in [-0.1, -0.05) is 11.8 Å². The molecule has 0 aliphatic carbocycles. The number of nitrogen functional groups attached to an aromatic ring is 1. The molecule has 2 rings (SSSR count). The first-order valence-electron chi connectivity index (χ1n) is 5.15. The minimum absolute atomic E-state index is 0.500. The third kappa shape index (κ3) is 2.99. The highest BCUT2D eigenvalue weighted by molar-refractivity contribution is 5.45. The third-order valence-corrected chi connectivity index (χ3v) is 2.23. The molecule has 0 amide bonds. The van der Waals surface area contributed by atoms with Crippen LogP contribution in [0.2, 0.25) is 0 Å². The number of anilines is 1. The Kier molecular flexibility index (Phi) is 3.27. The molecular weight excluding hydrogens is 212 g/mol. The molecule has 3 nitrogen and oxygen atoms in total. The lowest BCUT2D eigenvalue weighted by molar-refractivity contribution is 0.415. The van der Waals surface area contributed by atoms with Gasteiger partial charge in [0, 0.05) is 17.3 Å². The number of ether oxygens (including phenoxy) is 1. The smallest absolute Gasteiger partial charge is 0.123 e. The van der Waals surface area contributed by atoms with Crippen LogP contribution in [0.3, 0.4) is 0 Å². The number of aromatic nitrogens is 1. The molecular formula is C14H12N2O. The van der Waals surface area contributed by atoms with Gasteiger partial charge in [-0.05, 0) is 36.4 Å². The van der Waals surface area contributed by atoms with Gasteiger partial charge in [0.2, 0.25) is 0 Å². The second-order valence-corrected chi connectivity index (χ2v) is 3.45. The average molecular weight is 224 g/mol. The van der Waals surface area contributed by atoms with Gasteiger partial charge in [0.05, 0.1) is 7.11 Å². The molecule has 0 saturated carbocycles. The van der Waals surface area contributed by atoms with E-state index in [1.54, 1.807) is 19.4 Å². The number of benzene rings is 1. The zero-order chi connectivity index (χ0) is 12.1. The lowest BCUT2D eigenvalue weighted by atomic mass is 10.2. The molecule has 0 aliphatic rings. The number of hydrogen-bond acceptors (Lipinski definition) is 3. The van der Waals surface area contributed by atoms with Crippen molar-refractivity contribution in [2.45, 2.75) is 0 Å². The van der Waals surface area contributed by atoms with Crippen LogP contribution in [0.15, 0.2) is 42.6 Å². The molecule has 1 aromatic heterocycles. The van der Waals surface area contributed by atoms with Crippen molar-refractivity contribution in [3.63, 3.8) is 0 Å². The molecule has 2 N–H and O–H groups in total. The van der Waals surface area contributed by atoms with Crippen LogP contribution in [-0.2, 0) is 0 Å². The number of hydrogen-bond donors (Lipinski definition) is 1. The van der Waals surface area contributed by atoms with E-state index in [1.807, 2.05) is 30.3 Å². The van der Waals surface area contributed by atoms with Gasteiger partial charge in [-0.25, -0.2) is 4.98 Å². The molecule has 1 aromatic carbocycles. The van der Waals surface area contributed by atoms with Crippen LogP contribution in [0.25, 0.3) is 0 Å². The molecule has 0 saturated heterocycles. The van der Waals surface area contributed by atoms with Gasteiger partial charge >= 0.3 is 0 Å². The van der Waals surface area contributed by atoms with Crippen molar-refractivity contribution < 1.29 is 4.74 Å². The summed E-state index contributed by atoms with van der Waals surface area (Å²) < 4.78 is 5.07. The van der Waals surface area contributed by atoms with Gasteiger partial charge in [0.25, 0.3) is 0 Å². The Bertz CT molecular complexity index is 548. The monoisotopic (exact) mass is 224 g/mol. The lowest BCUT2D eigenvalue weighted by Gasteiger charge is -1.97. The molecule has 0 radical (unpaired) electrons. The highest BCUT2D eigenvalue weighted by Gasteiger charge is 1.91. The maximum atomic E-state index is 5.49.